The van der Waals surface area contributed by atoms with Crippen LogP contribution in [0.5, 0.6) is 5.75 Å². The number of halogens is 1. The summed E-state index contributed by atoms with van der Waals surface area (Å²) in [7, 11) is 0. The number of aromatic nitrogens is 4. The first kappa shape index (κ1) is 22.4. The fourth-order valence-electron chi connectivity index (χ4n) is 4.74. The van der Waals surface area contributed by atoms with E-state index in [0.29, 0.717) is 48.7 Å². The fourth-order valence-corrected chi connectivity index (χ4v) is 4.74. The molecule has 4 aromatic rings. The molecule has 3 aromatic heterocycles. The van der Waals surface area contributed by atoms with Crippen molar-refractivity contribution in [1.82, 2.24) is 24.5 Å². The largest absolute Gasteiger partial charge is 0.490 e. The van der Waals surface area contributed by atoms with E-state index in [0.717, 1.165) is 29.7 Å². The van der Waals surface area contributed by atoms with Crippen molar-refractivity contribution in [3.63, 3.8) is 0 Å². The molecule has 9 nitrogen and oxygen atoms in total. The number of pyridine rings is 2. The molecule has 2 N–H and O–H groups in total. The van der Waals surface area contributed by atoms with Crippen LogP contribution >= 0.6 is 0 Å². The average molecular weight is 489 g/mol. The molecule has 1 saturated heterocycles. The van der Waals surface area contributed by atoms with Gasteiger partial charge < -0.3 is 20.1 Å². The van der Waals surface area contributed by atoms with Crippen LogP contribution in [0.2, 0.25) is 0 Å². The Morgan fingerprint density at radius 1 is 1.14 bits per heavy atom. The van der Waals surface area contributed by atoms with E-state index in [2.05, 4.69) is 15.1 Å². The number of hydrogen-bond donors (Lipinski definition) is 1. The van der Waals surface area contributed by atoms with Gasteiger partial charge in [0.25, 0.3) is 5.91 Å². The molecule has 0 radical (unpaired) electrons. The third kappa shape index (κ3) is 4.35. The molecule has 2 aliphatic rings. The first-order chi connectivity index (χ1) is 17.5. The van der Waals surface area contributed by atoms with Crippen molar-refractivity contribution in [3.8, 4) is 16.9 Å². The summed E-state index contributed by atoms with van der Waals surface area (Å²) in [6, 6.07) is 10.1. The highest BCUT2D eigenvalue weighted by molar-refractivity contribution is 5.97. The van der Waals surface area contributed by atoms with Crippen molar-refractivity contribution in [2.45, 2.75) is 31.9 Å². The summed E-state index contributed by atoms with van der Waals surface area (Å²) in [6.07, 6.45) is 5.74. The van der Waals surface area contributed by atoms with E-state index >= 15 is 0 Å². The minimum absolute atomic E-state index is 0.0190. The van der Waals surface area contributed by atoms with Gasteiger partial charge in [0, 0.05) is 55.9 Å². The second-order valence-electron chi connectivity index (χ2n) is 9.06. The van der Waals surface area contributed by atoms with Crippen LogP contribution < -0.4 is 10.5 Å². The number of carbonyl (C=O) groups excluding carboxylic acids is 1. The minimum Gasteiger partial charge on any atom is -0.490 e. The lowest BCUT2D eigenvalue weighted by atomic mass is 9.99. The summed E-state index contributed by atoms with van der Waals surface area (Å²) in [6.45, 7) is 2.05. The van der Waals surface area contributed by atoms with E-state index in [1.54, 1.807) is 27.9 Å². The van der Waals surface area contributed by atoms with Gasteiger partial charge in [-0.25, -0.2) is 8.91 Å². The standard InChI is InChI=1S/C26H25FN6O3/c27-19-1-2-23(36-20-5-9-35-10-6-20)18(11-19)15-32-7-4-22-21(25(32)34)12-17(14-29-22)16-3-8-33-24(13-16)30-26(28)31-33/h1-3,8,11-14,20H,4-7,9-10,15H2,(H2,28,31). The lowest BCUT2D eigenvalue weighted by Crippen LogP contribution is -2.37. The lowest BCUT2D eigenvalue weighted by molar-refractivity contribution is 0.0248. The van der Waals surface area contributed by atoms with E-state index in [9.17, 15) is 9.18 Å². The SMILES string of the molecule is Nc1nc2cc(-c3cnc4c(c3)C(=O)N(Cc3cc(F)ccc3OC3CCOCC3)CC4)ccn2n1. The summed E-state index contributed by atoms with van der Waals surface area (Å²) in [4.78, 5) is 24.0. The van der Waals surface area contributed by atoms with E-state index in [1.165, 1.54) is 12.1 Å². The average Bonchev–Trinajstić information content (AvgIpc) is 3.27. The Morgan fingerprint density at radius 3 is 2.86 bits per heavy atom. The molecule has 1 aromatic carbocycles. The maximum atomic E-state index is 14.2. The van der Waals surface area contributed by atoms with Crippen molar-refractivity contribution in [2.75, 3.05) is 25.5 Å². The van der Waals surface area contributed by atoms with Crippen LogP contribution in [0.3, 0.4) is 0 Å². The molecular formula is C26H25FN6O3. The molecule has 0 saturated carbocycles. The number of nitrogen functional groups attached to an aromatic ring is 1. The van der Waals surface area contributed by atoms with E-state index in [4.69, 9.17) is 15.2 Å². The van der Waals surface area contributed by atoms with Gasteiger partial charge in [-0.1, -0.05) is 0 Å². The molecule has 2 aliphatic heterocycles. The Morgan fingerprint density at radius 2 is 2.00 bits per heavy atom. The van der Waals surface area contributed by atoms with E-state index < -0.39 is 0 Å². The van der Waals surface area contributed by atoms with Crippen molar-refractivity contribution in [1.29, 1.82) is 0 Å². The Labute approximate surface area is 206 Å². The smallest absolute Gasteiger partial charge is 0.256 e. The second kappa shape index (κ2) is 9.19. The number of hydrogen-bond acceptors (Lipinski definition) is 7. The summed E-state index contributed by atoms with van der Waals surface area (Å²) in [5, 5.41) is 4.09. The number of anilines is 1. The van der Waals surface area contributed by atoms with Crippen LogP contribution in [0.25, 0.3) is 16.8 Å². The quantitative estimate of drug-likeness (QED) is 0.459. The van der Waals surface area contributed by atoms with Crippen molar-refractivity contribution < 1.29 is 18.7 Å². The Hall–Kier alpha value is -4.05. The number of amides is 1. The summed E-state index contributed by atoms with van der Waals surface area (Å²) in [5.41, 5.74) is 9.90. The Bertz CT molecular complexity index is 1450. The molecule has 0 unspecified atom stereocenters. The molecular weight excluding hydrogens is 463 g/mol. The van der Waals surface area contributed by atoms with Gasteiger partial charge in [-0.2, -0.15) is 4.98 Å². The van der Waals surface area contributed by atoms with Crippen LogP contribution in [-0.4, -0.2) is 56.3 Å². The topological polar surface area (TPSA) is 108 Å². The maximum Gasteiger partial charge on any atom is 0.256 e. The molecule has 10 heteroatoms. The van der Waals surface area contributed by atoms with E-state index in [1.807, 2.05) is 18.2 Å². The normalized spacial score (nSPS) is 16.4. The number of benzene rings is 1. The number of nitrogens with zero attached hydrogens (tertiary/aromatic N) is 5. The zero-order chi connectivity index (χ0) is 24.6. The Balaban J connectivity index is 1.26. The first-order valence-electron chi connectivity index (χ1n) is 12.0. The zero-order valence-electron chi connectivity index (χ0n) is 19.6. The van der Waals surface area contributed by atoms with Gasteiger partial charge in [0.1, 0.15) is 17.7 Å². The number of ether oxygens (including phenoxy) is 2. The number of rotatable bonds is 5. The third-order valence-electron chi connectivity index (χ3n) is 6.64. The molecule has 0 spiro atoms. The van der Waals surface area contributed by atoms with E-state index in [-0.39, 0.29) is 30.3 Å². The lowest BCUT2D eigenvalue weighted by Gasteiger charge is -2.30. The maximum absolute atomic E-state index is 14.2. The van der Waals surface area contributed by atoms with Gasteiger partial charge in [-0.05, 0) is 42.0 Å². The van der Waals surface area contributed by atoms with Crippen LogP contribution in [0.1, 0.15) is 34.5 Å². The minimum atomic E-state index is -0.359. The molecule has 0 aliphatic carbocycles. The summed E-state index contributed by atoms with van der Waals surface area (Å²) >= 11 is 0. The number of fused-ring (bicyclic) bond motifs is 2. The second-order valence-corrected chi connectivity index (χ2v) is 9.06. The van der Waals surface area contributed by atoms with Gasteiger partial charge >= 0.3 is 0 Å². The predicted molar refractivity (Wildman–Crippen MR) is 130 cm³/mol. The van der Waals surface area contributed by atoms with Crippen LogP contribution in [0.4, 0.5) is 10.3 Å². The molecule has 6 rings (SSSR count). The summed E-state index contributed by atoms with van der Waals surface area (Å²) in [5.74, 6) is 0.302. The van der Waals surface area contributed by atoms with Gasteiger partial charge in [-0.15, -0.1) is 5.10 Å². The third-order valence-corrected chi connectivity index (χ3v) is 6.64. The molecule has 5 heterocycles. The summed E-state index contributed by atoms with van der Waals surface area (Å²) < 4.78 is 27.3. The fraction of sp³-hybridized carbons (Fsp3) is 0.308. The number of carbonyl (C=O) groups is 1. The van der Waals surface area contributed by atoms with Gasteiger partial charge in [0.05, 0.1) is 24.5 Å². The molecule has 184 valence electrons. The van der Waals surface area contributed by atoms with Crippen molar-refractivity contribution in [3.05, 3.63) is 71.4 Å². The number of nitrogens with two attached hydrogens (primary N) is 1. The first-order valence-corrected chi connectivity index (χ1v) is 12.0. The Kier molecular flexibility index (Phi) is 5.73. The molecule has 36 heavy (non-hydrogen) atoms. The monoisotopic (exact) mass is 488 g/mol. The van der Waals surface area contributed by atoms with Crippen LogP contribution in [0.15, 0.2) is 48.8 Å². The van der Waals surface area contributed by atoms with Crippen LogP contribution in [0, 0.1) is 5.82 Å². The molecule has 0 bridgehead atoms. The highest BCUT2D eigenvalue weighted by atomic mass is 19.1. The highest BCUT2D eigenvalue weighted by Gasteiger charge is 2.27. The highest BCUT2D eigenvalue weighted by Crippen LogP contribution is 2.29. The molecule has 0 atom stereocenters. The molecule has 1 fully saturated rings. The molecule has 1 amide bonds. The van der Waals surface area contributed by atoms with Crippen molar-refractivity contribution in [2.24, 2.45) is 0 Å². The van der Waals surface area contributed by atoms with Gasteiger partial charge in [0.15, 0.2) is 5.65 Å². The van der Waals surface area contributed by atoms with Crippen molar-refractivity contribution >= 4 is 17.5 Å². The van der Waals surface area contributed by atoms with Gasteiger partial charge in [-0.3, -0.25) is 9.78 Å². The van der Waals surface area contributed by atoms with Crippen LogP contribution in [-0.2, 0) is 17.7 Å². The zero-order valence-corrected chi connectivity index (χ0v) is 19.6. The predicted octanol–water partition coefficient (Wildman–Crippen LogP) is 3.27. The van der Waals surface area contributed by atoms with Gasteiger partial charge in [0.2, 0.25) is 5.95 Å².